The molecular formula is C15H13FN4O2S. The number of aryl methyl sites for hydroxylation is 1. The van der Waals surface area contributed by atoms with Crippen molar-refractivity contribution in [2.45, 2.75) is 23.6 Å². The molecule has 8 heteroatoms. The molecule has 0 amide bonds. The van der Waals surface area contributed by atoms with Crippen molar-refractivity contribution >= 4 is 11.8 Å². The lowest BCUT2D eigenvalue weighted by molar-refractivity contribution is 0.414. The molecular weight excluding hydrogens is 319 g/mol. The molecule has 0 N–H and O–H groups in total. The van der Waals surface area contributed by atoms with E-state index in [4.69, 9.17) is 9.15 Å². The highest BCUT2D eigenvalue weighted by Crippen LogP contribution is 2.30. The van der Waals surface area contributed by atoms with Crippen molar-refractivity contribution in [1.29, 1.82) is 0 Å². The highest BCUT2D eigenvalue weighted by Gasteiger charge is 2.16. The summed E-state index contributed by atoms with van der Waals surface area (Å²) in [4.78, 5) is 7.81. The lowest BCUT2D eigenvalue weighted by Gasteiger charge is -2.01. The number of halogens is 1. The molecule has 2 heterocycles. The van der Waals surface area contributed by atoms with Gasteiger partial charge in [-0.3, -0.25) is 0 Å². The van der Waals surface area contributed by atoms with Crippen LogP contribution in [-0.2, 0) is 6.42 Å². The lowest BCUT2D eigenvalue weighted by atomic mass is 10.2. The molecule has 0 spiro atoms. The van der Waals surface area contributed by atoms with Crippen molar-refractivity contribution in [3.05, 3.63) is 42.1 Å². The van der Waals surface area contributed by atoms with Crippen molar-refractivity contribution in [3.8, 4) is 17.2 Å². The van der Waals surface area contributed by atoms with E-state index in [1.165, 1.54) is 6.33 Å². The Bertz CT molecular complexity index is 807. The van der Waals surface area contributed by atoms with Gasteiger partial charge in [-0.05, 0) is 42.4 Å². The second kappa shape index (κ2) is 6.74. The fraction of sp³-hybridized carbons (Fsp3) is 0.200. The molecule has 2 aromatic heterocycles. The Morgan fingerprint density at radius 1 is 1.17 bits per heavy atom. The Kier molecular flexibility index (Phi) is 4.52. The molecule has 0 bridgehead atoms. The van der Waals surface area contributed by atoms with Gasteiger partial charge in [0.25, 0.3) is 5.22 Å². The molecule has 3 aromatic rings. The molecule has 1 aromatic carbocycles. The topological polar surface area (TPSA) is 73.9 Å². The van der Waals surface area contributed by atoms with Gasteiger partial charge in [-0.1, -0.05) is 6.92 Å². The molecule has 0 atom stereocenters. The van der Waals surface area contributed by atoms with Gasteiger partial charge in [-0.15, -0.1) is 10.2 Å². The molecule has 0 aliphatic heterocycles. The first kappa shape index (κ1) is 15.4. The molecule has 6 nitrogen and oxygen atoms in total. The number of benzene rings is 1. The van der Waals surface area contributed by atoms with Crippen molar-refractivity contribution in [2.75, 3.05) is 7.11 Å². The van der Waals surface area contributed by atoms with E-state index in [2.05, 4.69) is 20.2 Å². The zero-order valence-corrected chi connectivity index (χ0v) is 13.3. The van der Waals surface area contributed by atoms with Crippen molar-refractivity contribution < 1.29 is 13.5 Å². The van der Waals surface area contributed by atoms with Gasteiger partial charge >= 0.3 is 0 Å². The van der Waals surface area contributed by atoms with Gasteiger partial charge in [0.1, 0.15) is 17.1 Å². The number of hydrogen-bond donors (Lipinski definition) is 0. The van der Waals surface area contributed by atoms with Crippen LogP contribution in [0.3, 0.4) is 0 Å². The van der Waals surface area contributed by atoms with Crippen LogP contribution in [0.2, 0.25) is 0 Å². The van der Waals surface area contributed by atoms with E-state index < -0.39 is 5.82 Å². The summed E-state index contributed by atoms with van der Waals surface area (Å²) < 4.78 is 24.8. The predicted octanol–water partition coefficient (Wildman–Crippen LogP) is 3.39. The van der Waals surface area contributed by atoms with Crippen LogP contribution in [0.25, 0.3) is 11.5 Å². The smallest absolute Gasteiger partial charge is 0.283 e. The SMILES string of the molecule is CCc1ncnc(Sc2nnc(-c3ccc(OC)cc3)o2)c1F. The molecule has 0 saturated heterocycles. The summed E-state index contributed by atoms with van der Waals surface area (Å²) in [5, 5.41) is 8.27. The third-order valence-electron chi connectivity index (χ3n) is 3.09. The molecule has 23 heavy (non-hydrogen) atoms. The minimum Gasteiger partial charge on any atom is -0.497 e. The summed E-state index contributed by atoms with van der Waals surface area (Å²) >= 11 is 0.976. The quantitative estimate of drug-likeness (QED) is 0.663. The van der Waals surface area contributed by atoms with Gasteiger partial charge in [0.2, 0.25) is 5.89 Å². The van der Waals surface area contributed by atoms with Gasteiger partial charge < -0.3 is 9.15 Å². The minimum atomic E-state index is -0.454. The molecule has 0 radical (unpaired) electrons. The van der Waals surface area contributed by atoms with Crippen LogP contribution < -0.4 is 4.74 Å². The van der Waals surface area contributed by atoms with E-state index in [0.29, 0.717) is 18.0 Å². The number of aromatic nitrogens is 4. The maximum Gasteiger partial charge on any atom is 0.283 e. The maximum absolute atomic E-state index is 14.1. The number of methoxy groups -OCH3 is 1. The average molecular weight is 332 g/mol. The number of ether oxygens (including phenoxy) is 1. The Balaban J connectivity index is 1.82. The highest BCUT2D eigenvalue weighted by molar-refractivity contribution is 7.99. The first-order chi connectivity index (χ1) is 11.2. The second-order valence-electron chi connectivity index (χ2n) is 4.50. The number of nitrogens with zero attached hydrogens (tertiary/aromatic N) is 4. The van der Waals surface area contributed by atoms with E-state index in [-0.39, 0.29) is 10.2 Å². The standard InChI is InChI=1S/C15H13FN4O2S/c1-3-11-12(16)14(18-8-17-11)23-15-20-19-13(22-15)9-4-6-10(21-2)7-5-9/h4-8H,3H2,1-2H3. The number of rotatable bonds is 5. The Labute approximate surface area is 136 Å². The zero-order chi connectivity index (χ0) is 16.2. The third-order valence-corrected chi connectivity index (χ3v) is 3.91. The maximum atomic E-state index is 14.1. The van der Waals surface area contributed by atoms with E-state index in [1.54, 1.807) is 31.4 Å². The predicted molar refractivity (Wildman–Crippen MR) is 81.8 cm³/mol. The summed E-state index contributed by atoms with van der Waals surface area (Å²) in [6.45, 7) is 1.83. The van der Waals surface area contributed by atoms with E-state index >= 15 is 0 Å². The van der Waals surface area contributed by atoms with Gasteiger partial charge in [0.05, 0.1) is 12.8 Å². The normalized spacial score (nSPS) is 10.7. The summed E-state index contributed by atoms with van der Waals surface area (Å²) in [5.74, 6) is 0.627. The van der Waals surface area contributed by atoms with E-state index in [9.17, 15) is 4.39 Å². The van der Waals surface area contributed by atoms with Gasteiger partial charge in [0, 0.05) is 5.56 Å². The van der Waals surface area contributed by atoms with Crippen LogP contribution in [-0.4, -0.2) is 27.3 Å². The molecule has 3 rings (SSSR count). The van der Waals surface area contributed by atoms with Gasteiger partial charge in [0.15, 0.2) is 5.82 Å². The molecule has 0 fully saturated rings. The lowest BCUT2D eigenvalue weighted by Crippen LogP contribution is -1.97. The molecule has 0 aliphatic rings. The van der Waals surface area contributed by atoms with E-state index in [0.717, 1.165) is 23.1 Å². The van der Waals surface area contributed by atoms with Gasteiger partial charge in [-0.25, -0.2) is 14.4 Å². The summed E-state index contributed by atoms with van der Waals surface area (Å²) in [7, 11) is 1.59. The Morgan fingerprint density at radius 2 is 1.96 bits per heavy atom. The van der Waals surface area contributed by atoms with Crippen LogP contribution in [0.1, 0.15) is 12.6 Å². The third kappa shape index (κ3) is 3.31. The summed E-state index contributed by atoms with van der Waals surface area (Å²) in [6, 6.07) is 7.20. The Hall–Kier alpha value is -2.48. The van der Waals surface area contributed by atoms with Crippen molar-refractivity contribution in [3.63, 3.8) is 0 Å². The number of hydrogen-bond acceptors (Lipinski definition) is 7. The van der Waals surface area contributed by atoms with E-state index in [1.807, 2.05) is 6.92 Å². The molecule has 0 aliphatic carbocycles. The first-order valence-corrected chi connectivity index (χ1v) is 7.68. The minimum absolute atomic E-state index is 0.168. The van der Waals surface area contributed by atoms with Crippen LogP contribution in [0.5, 0.6) is 5.75 Å². The highest BCUT2D eigenvalue weighted by atomic mass is 32.2. The second-order valence-corrected chi connectivity index (χ2v) is 5.44. The fourth-order valence-corrected chi connectivity index (χ4v) is 2.56. The summed E-state index contributed by atoms with van der Waals surface area (Å²) in [6.07, 6.45) is 1.81. The molecule has 0 saturated carbocycles. The molecule has 0 unspecified atom stereocenters. The Morgan fingerprint density at radius 3 is 2.65 bits per heavy atom. The average Bonchev–Trinajstić information content (AvgIpc) is 3.05. The van der Waals surface area contributed by atoms with Crippen LogP contribution >= 0.6 is 11.8 Å². The first-order valence-electron chi connectivity index (χ1n) is 6.86. The fourth-order valence-electron chi connectivity index (χ4n) is 1.89. The van der Waals surface area contributed by atoms with Crippen LogP contribution in [0.15, 0.2) is 45.3 Å². The van der Waals surface area contributed by atoms with Gasteiger partial charge in [-0.2, -0.15) is 0 Å². The monoisotopic (exact) mass is 332 g/mol. The van der Waals surface area contributed by atoms with Crippen molar-refractivity contribution in [2.24, 2.45) is 0 Å². The van der Waals surface area contributed by atoms with Crippen LogP contribution in [0, 0.1) is 5.82 Å². The van der Waals surface area contributed by atoms with Crippen LogP contribution in [0.4, 0.5) is 4.39 Å². The molecule has 118 valence electrons. The largest absolute Gasteiger partial charge is 0.497 e. The summed E-state index contributed by atoms with van der Waals surface area (Å²) in [5.41, 5.74) is 1.11. The van der Waals surface area contributed by atoms with Crippen molar-refractivity contribution in [1.82, 2.24) is 20.2 Å². The zero-order valence-electron chi connectivity index (χ0n) is 12.5.